The van der Waals surface area contributed by atoms with Crippen LogP contribution in [0, 0.1) is 0 Å². The van der Waals surface area contributed by atoms with Crippen LogP contribution in [0.3, 0.4) is 0 Å². The highest BCUT2D eigenvalue weighted by molar-refractivity contribution is 5.76. The molecule has 0 spiro atoms. The van der Waals surface area contributed by atoms with Crippen molar-refractivity contribution in [2.75, 3.05) is 19.8 Å². The van der Waals surface area contributed by atoms with Crippen molar-refractivity contribution in [3.8, 4) is 0 Å². The lowest BCUT2D eigenvalue weighted by Gasteiger charge is -2.46. The number of ether oxygens (including phenoxy) is 4. The van der Waals surface area contributed by atoms with Crippen molar-refractivity contribution < 1.29 is 64.6 Å². The van der Waals surface area contributed by atoms with E-state index in [2.05, 4.69) is 31.3 Å². The predicted molar refractivity (Wildman–Crippen MR) is 378 cm³/mol. The molecule has 0 aromatic carbocycles. The monoisotopic (exact) mass is 1310 g/mol. The molecule has 2 heterocycles. The number of hydrogen-bond donors (Lipinski definition) is 9. The van der Waals surface area contributed by atoms with Gasteiger partial charge >= 0.3 is 0 Å². The predicted octanol–water partition coefficient (Wildman–Crippen LogP) is 17.5. The number of nitrogens with one attached hydrogen (secondary N) is 1. The van der Waals surface area contributed by atoms with Gasteiger partial charge in [0.2, 0.25) is 5.91 Å². The summed E-state index contributed by atoms with van der Waals surface area (Å²) in [5.41, 5.74) is 0. The summed E-state index contributed by atoms with van der Waals surface area (Å²) in [5.74, 6) is -0.230. The number of carbonyl (C=O) groups is 1. The van der Waals surface area contributed by atoms with Crippen LogP contribution in [0.5, 0.6) is 0 Å². The summed E-state index contributed by atoms with van der Waals surface area (Å²) in [6.45, 7) is 2.87. The highest BCUT2D eigenvalue weighted by Gasteiger charge is 2.51. The Hall–Kier alpha value is -1.53. The van der Waals surface area contributed by atoms with E-state index in [1.807, 2.05) is 6.08 Å². The minimum absolute atomic E-state index is 0.230. The molecule has 0 aliphatic carbocycles. The zero-order chi connectivity index (χ0) is 66.6. The number of unbranched alkanes of at least 4 members (excludes halogenated alkanes) is 52. The minimum atomic E-state index is -1.79. The van der Waals surface area contributed by atoms with E-state index in [1.54, 1.807) is 6.08 Å². The third-order valence-electron chi connectivity index (χ3n) is 19.6. The molecule has 14 nitrogen and oxygen atoms in total. The lowest BCUT2D eigenvalue weighted by molar-refractivity contribution is -0.359. The van der Waals surface area contributed by atoms with Gasteiger partial charge in [0.15, 0.2) is 12.6 Å². The second-order valence-corrected chi connectivity index (χ2v) is 28.2. The molecular weight excluding hydrogens is 1160 g/mol. The van der Waals surface area contributed by atoms with Gasteiger partial charge in [-0.1, -0.05) is 346 Å². The standard InChI is InChI=1S/C78H149NO13/c1-3-5-7-9-11-13-15-17-19-21-23-25-27-29-30-31-32-33-34-35-36-38-40-42-44-46-48-50-52-54-56-58-60-62-70(83)79-66(65-89-77-75(88)73(86)76(69(64-81)91-77)92-78-74(87)72(85)71(84)68(63-80)90-78)67(82)61-59-57-55-53-51-49-47-45-43-41-39-37-28-26-24-22-20-18-16-14-12-10-8-6-4-2/h21,23,59,61,66-69,71-78,80-82,84-88H,3-20,22,24-58,60,62-65H2,1-2H3,(H,79,83)/b23-21-,61-59+. The molecule has 2 aliphatic heterocycles. The highest BCUT2D eigenvalue weighted by Crippen LogP contribution is 2.30. The molecule has 2 saturated heterocycles. The fourth-order valence-corrected chi connectivity index (χ4v) is 13.4. The van der Waals surface area contributed by atoms with Crippen molar-refractivity contribution in [3.63, 3.8) is 0 Å². The first-order valence-electron chi connectivity index (χ1n) is 39.6. The first kappa shape index (κ1) is 86.6. The third-order valence-corrected chi connectivity index (χ3v) is 19.6. The molecule has 9 N–H and O–H groups in total. The maximum Gasteiger partial charge on any atom is 0.220 e. The van der Waals surface area contributed by atoms with Crippen molar-refractivity contribution in [1.29, 1.82) is 0 Å². The SMILES string of the molecule is CCCCCCCCCC/C=C\CCCCCCCCCCCCCCCCCCCCCCCC(=O)NC(COC1OC(CO)C(OC2OC(CO)C(O)C(O)C2O)C(O)C1O)C(O)/C=C/CCCCCCCCCCCCCCCCCCCCCCCCC. The molecule has 12 unspecified atom stereocenters. The Kier molecular flexibility index (Phi) is 59.2. The summed E-state index contributed by atoms with van der Waals surface area (Å²) in [5, 5.41) is 87.6. The Morgan fingerprint density at radius 2 is 0.685 bits per heavy atom. The number of carbonyl (C=O) groups excluding carboxylic acids is 1. The summed E-state index contributed by atoms with van der Waals surface area (Å²) in [4.78, 5) is 13.4. The van der Waals surface area contributed by atoms with Gasteiger partial charge in [0.1, 0.15) is 48.8 Å². The lowest BCUT2D eigenvalue weighted by Crippen LogP contribution is -2.65. The van der Waals surface area contributed by atoms with Crippen molar-refractivity contribution in [2.45, 2.75) is 447 Å². The van der Waals surface area contributed by atoms with Gasteiger partial charge in [-0.25, -0.2) is 0 Å². The first-order chi connectivity index (χ1) is 45.1. The largest absolute Gasteiger partial charge is 0.394 e. The molecule has 2 fully saturated rings. The molecule has 2 rings (SSSR count). The van der Waals surface area contributed by atoms with Crippen LogP contribution >= 0.6 is 0 Å². The molecule has 0 aromatic heterocycles. The molecule has 14 heteroatoms. The van der Waals surface area contributed by atoms with Gasteiger partial charge in [-0.15, -0.1) is 0 Å². The molecule has 544 valence electrons. The van der Waals surface area contributed by atoms with Gasteiger partial charge < -0.3 is 65.1 Å². The number of aliphatic hydroxyl groups is 8. The van der Waals surface area contributed by atoms with Crippen LogP contribution in [0.15, 0.2) is 24.3 Å². The molecule has 0 aromatic rings. The Balaban J connectivity index is 1.61. The quantitative estimate of drug-likeness (QED) is 0.0204. The van der Waals surface area contributed by atoms with Gasteiger partial charge in [0.25, 0.3) is 0 Å². The van der Waals surface area contributed by atoms with Crippen LogP contribution in [-0.2, 0) is 23.7 Å². The zero-order valence-electron chi connectivity index (χ0n) is 59.6. The van der Waals surface area contributed by atoms with Crippen molar-refractivity contribution in [3.05, 3.63) is 24.3 Å². The van der Waals surface area contributed by atoms with E-state index in [4.69, 9.17) is 18.9 Å². The van der Waals surface area contributed by atoms with E-state index in [0.717, 1.165) is 38.5 Å². The highest BCUT2D eigenvalue weighted by atomic mass is 16.7. The zero-order valence-corrected chi connectivity index (χ0v) is 59.6. The lowest BCUT2D eigenvalue weighted by atomic mass is 9.97. The molecule has 1 amide bonds. The Morgan fingerprint density at radius 1 is 0.380 bits per heavy atom. The van der Waals surface area contributed by atoms with E-state index in [-0.39, 0.29) is 18.9 Å². The molecule has 0 bridgehead atoms. The molecular formula is C78H149NO13. The number of amides is 1. The second-order valence-electron chi connectivity index (χ2n) is 28.2. The Bertz CT molecular complexity index is 1640. The Morgan fingerprint density at radius 3 is 1.03 bits per heavy atom. The van der Waals surface area contributed by atoms with Crippen LogP contribution in [-0.4, -0.2) is 140 Å². The van der Waals surface area contributed by atoms with E-state index < -0.39 is 86.8 Å². The van der Waals surface area contributed by atoms with E-state index in [9.17, 15) is 45.6 Å². The average Bonchev–Trinajstić information content (AvgIpc) is 0.829. The molecule has 92 heavy (non-hydrogen) atoms. The number of allylic oxidation sites excluding steroid dienone is 3. The normalized spacial score (nSPS) is 22.7. The van der Waals surface area contributed by atoms with Crippen molar-refractivity contribution in [2.24, 2.45) is 0 Å². The summed E-state index contributed by atoms with van der Waals surface area (Å²) in [6, 6.07) is -0.913. The molecule has 2 aliphatic rings. The van der Waals surface area contributed by atoms with E-state index >= 15 is 0 Å². The van der Waals surface area contributed by atoms with Gasteiger partial charge in [-0.05, 0) is 44.9 Å². The first-order valence-corrected chi connectivity index (χ1v) is 39.6. The van der Waals surface area contributed by atoms with Crippen LogP contribution in [0.4, 0.5) is 0 Å². The van der Waals surface area contributed by atoms with E-state index in [0.29, 0.717) is 6.42 Å². The average molecular weight is 1310 g/mol. The fraction of sp³-hybridized carbons (Fsp3) is 0.936. The van der Waals surface area contributed by atoms with Crippen LogP contribution < -0.4 is 5.32 Å². The number of aliphatic hydroxyl groups excluding tert-OH is 8. The maximum atomic E-state index is 13.4. The van der Waals surface area contributed by atoms with Crippen molar-refractivity contribution in [1.82, 2.24) is 5.32 Å². The summed E-state index contributed by atoms with van der Waals surface area (Å²) in [6.07, 6.45) is 64.0. The maximum absolute atomic E-state index is 13.4. The van der Waals surface area contributed by atoms with Gasteiger partial charge in [-0.2, -0.15) is 0 Å². The smallest absolute Gasteiger partial charge is 0.220 e. The number of hydrogen-bond acceptors (Lipinski definition) is 13. The van der Waals surface area contributed by atoms with Gasteiger partial charge in [0, 0.05) is 6.42 Å². The van der Waals surface area contributed by atoms with Gasteiger partial charge in [-0.3, -0.25) is 4.79 Å². The fourth-order valence-electron chi connectivity index (χ4n) is 13.4. The third kappa shape index (κ3) is 45.9. The Labute approximate surface area is 564 Å². The molecule has 0 saturated carbocycles. The summed E-state index contributed by atoms with van der Waals surface area (Å²) in [7, 11) is 0. The van der Waals surface area contributed by atoms with E-state index in [1.165, 1.54) is 308 Å². The molecule has 12 atom stereocenters. The van der Waals surface area contributed by atoms with Crippen LogP contribution in [0.2, 0.25) is 0 Å². The van der Waals surface area contributed by atoms with Gasteiger partial charge in [0.05, 0.1) is 32.0 Å². The second kappa shape index (κ2) is 63.0. The number of rotatable bonds is 67. The summed E-state index contributed by atoms with van der Waals surface area (Å²) < 4.78 is 22.9. The molecule has 0 radical (unpaired) electrons. The van der Waals surface area contributed by atoms with Crippen LogP contribution in [0.25, 0.3) is 0 Å². The topological polar surface area (TPSA) is 228 Å². The minimum Gasteiger partial charge on any atom is -0.394 e. The summed E-state index contributed by atoms with van der Waals surface area (Å²) >= 11 is 0. The van der Waals surface area contributed by atoms with Crippen molar-refractivity contribution >= 4 is 5.91 Å². The van der Waals surface area contributed by atoms with Crippen LogP contribution in [0.1, 0.15) is 373 Å².